The normalized spacial score (nSPS) is 16.4. The third-order valence-corrected chi connectivity index (χ3v) is 5.70. The van der Waals surface area contributed by atoms with Gasteiger partial charge in [0.2, 0.25) is 0 Å². The zero-order valence-electron chi connectivity index (χ0n) is 17.2. The summed E-state index contributed by atoms with van der Waals surface area (Å²) < 4.78 is 11.1. The molecular weight excluding hydrogens is 378 g/mol. The van der Waals surface area contributed by atoms with Crippen LogP contribution in [0.15, 0.2) is 54.6 Å². The third-order valence-electron chi connectivity index (χ3n) is 5.70. The Labute approximate surface area is 176 Å². The van der Waals surface area contributed by atoms with Crippen molar-refractivity contribution in [3.8, 4) is 17.2 Å². The second-order valence-corrected chi connectivity index (χ2v) is 7.68. The second-order valence-electron chi connectivity index (χ2n) is 7.68. The molecule has 3 aromatic rings. The van der Waals surface area contributed by atoms with Crippen molar-refractivity contribution in [2.45, 2.75) is 31.7 Å². The van der Waals surface area contributed by atoms with Gasteiger partial charge in [0.25, 0.3) is 0 Å². The molecule has 1 heterocycles. The number of methoxy groups -OCH3 is 1. The van der Waals surface area contributed by atoms with Gasteiger partial charge in [0.1, 0.15) is 17.2 Å². The van der Waals surface area contributed by atoms with Gasteiger partial charge in [0.05, 0.1) is 19.3 Å². The van der Waals surface area contributed by atoms with Crippen LogP contribution >= 0.6 is 0 Å². The zero-order chi connectivity index (χ0) is 20.9. The highest BCUT2D eigenvalue weighted by molar-refractivity contribution is 6.18. The number of benzene rings is 3. The number of fused-ring (bicyclic) bond motifs is 1. The summed E-state index contributed by atoms with van der Waals surface area (Å²) in [4.78, 5) is 13.1. The molecule has 1 fully saturated rings. The van der Waals surface area contributed by atoms with Crippen molar-refractivity contribution >= 4 is 16.6 Å². The number of phenols is 1. The van der Waals surface area contributed by atoms with Crippen LogP contribution in [-0.2, 0) is 0 Å². The summed E-state index contributed by atoms with van der Waals surface area (Å²) in [7, 11) is 1.60. The molecule has 5 nitrogen and oxygen atoms in total. The molecule has 0 radical (unpaired) electrons. The van der Waals surface area contributed by atoms with Gasteiger partial charge in [-0.2, -0.15) is 0 Å². The van der Waals surface area contributed by atoms with Gasteiger partial charge in [-0.15, -0.1) is 0 Å². The van der Waals surface area contributed by atoms with E-state index in [1.807, 2.05) is 18.2 Å². The minimum Gasteiger partial charge on any atom is -0.507 e. The first-order chi connectivity index (χ1) is 14.7. The van der Waals surface area contributed by atoms with E-state index in [-0.39, 0.29) is 11.5 Å². The van der Waals surface area contributed by atoms with Crippen molar-refractivity contribution in [1.29, 1.82) is 0 Å². The molecule has 0 saturated carbocycles. The summed E-state index contributed by atoms with van der Waals surface area (Å²) in [5.74, 6) is 1.20. The quantitative estimate of drug-likeness (QED) is 0.558. The predicted octanol–water partition coefficient (Wildman–Crippen LogP) is 4.70. The highest BCUT2D eigenvalue weighted by Gasteiger charge is 2.18. The molecule has 5 heteroatoms. The minimum atomic E-state index is -0.221. The van der Waals surface area contributed by atoms with E-state index in [1.54, 1.807) is 43.5 Å². The maximum atomic E-state index is 13.1. The summed E-state index contributed by atoms with van der Waals surface area (Å²) >= 11 is 0. The number of aromatic hydroxyl groups is 1. The lowest BCUT2D eigenvalue weighted by atomic mass is 9.96. The van der Waals surface area contributed by atoms with Crippen LogP contribution in [0, 0.1) is 0 Å². The van der Waals surface area contributed by atoms with E-state index in [0.717, 1.165) is 24.1 Å². The van der Waals surface area contributed by atoms with Gasteiger partial charge < -0.3 is 19.9 Å². The molecule has 0 aromatic heterocycles. The molecule has 4 rings (SSSR count). The van der Waals surface area contributed by atoms with Crippen LogP contribution < -0.4 is 14.8 Å². The molecule has 156 valence electrons. The minimum absolute atomic E-state index is 0.0297. The summed E-state index contributed by atoms with van der Waals surface area (Å²) in [6, 6.07) is 16.4. The van der Waals surface area contributed by atoms with Gasteiger partial charge in [-0.05, 0) is 85.1 Å². The molecule has 1 atom stereocenters. The fourth-order valence-electron chi connectivity index (χ4n) is 4.00. The summed E-state index contributed by atoms with van der Waals surface area (Å²) in [6.45, 7) is 1.74. The van der Waals surface area contributed by atoms with Gasteiger partial charge in [0.15, 0.2) is 5.78 Å². The topological polar surface area (TPSA) is 67.8 Å². The fourth-order valence-corrected chi connectivity index (χ4v) is 4.00. The molecule has 1 unspecified atom stereocenters. The number of rotatable bonds is 7. The summed E-state index contributed by atoms with van der Waals surface area (Å²) in [6.07, 6.45) is 4.72. The van der Waals surface area contributed by atoms with Crippen molar-refractivity contribution in [2.24, 2.45) is 0 Å². The van der Waals surface area contributed by atoms with Crippen LogP contribution in [0.1, 0.15) is 41.6 Å². The molecule has 0 aliphatic carbocycles. The maximum Gasteiger partial charge on any atom is 0.197 e. The van der Waals surface area contributed by atoms with Crippen molar-refractivity contribution in [3.05, 3.63) is 65.7 Å². The lowest BCUT2D eigenvalue weighted by molar-refractivity contribution is 0.103. The standard InChI is InChI=1S/C25H27NO4/c1-29-21-10-11-22-18(16-21)7-12-23(27)24(22)25(28)17-5-8-20(9-6-17)30-15-13-19-4-2-3-14-26-19/h5-12,16,19,26-27H,2-4,13-15H2,1H3. The molecule has 1 saturated heterocycles. The highest BCUT2D eigenvalue weighted by Crippen LogP contribution is 2.32. The van der Waals surface area contributed by atoms with E-state index >= 15 is 0 Å². The molecule has 0 amide bonds. The Morgan fingerprint density at radius 3 is 2.60 bits per heavy atom. The van der Waals surface area contributed by atoms with Gasteiger partial charge in [-0.3, -0.25) is 4.79 Å². The van der Waals surface area contributed by atoms with E-state index in [1.165, 1.54) is 19.3 Å². The van der Waals surface area contributed by atoms with Crippen LogP contribution in [0.4, 0.5) is 0 Å². The number of carbonyl (C=O) groups is 1. The Kier molecular flexibility index (Phi) is 6.19. The Balaban J connectivity index is 1.47. The molecule has 0 bridgehead atoms. The third kappa shape index (κ3) is 4.41. The van der Waals surface area contributed by atoms with Gasteiger partial charge in [-0.25, -0.2) is 0 Å². The van der Waals surface area contributed by atoms with Crippen LogP contribution in [-0.4, -0.2) is 37.2 Å². The fraction of sp³-hybridized carbons (Fsp3) is 0.320. The van der Waals surface area contributed by atoms with Crippen molar-refractivity contribution < 1.29 is 19.4 Å². The number of nitrogens with one attached hydrogen (secondary N) is 1. The van der Waals surface area contributed by atoms with E-state index in [4.69, 9.17) is 9.47 Å². The largest absolute Gasteiger partial charge is 0.507 e. The van der Waals surface area contributed by atoms with Gasteiger partial charge in [-0.1, -0.05) is 12.5 Å². The highest BCUT2D eigenvalue weighted by atomic mass is 16.5. The van der Waals surface area contributed by atoms with Crippen molar-refractivity contribution in [1.82, 2.24) is 5.32 Å². The average molecular weight is 405 g/mol. The Morgan fingerprint density at radius 2 is 1.87 bits per heavy atom. The molecule has 3 aromatic carbocycles. The Hall–Kier alpha value is -3.05. The monoisotopic (exact) mass is 405 g/mol. The predicted molar refractivity (Wildman–Crippen MR) is 118 cm³/mol. The molecule has 1 aliphatic heterocycles. The molecule has 30 heavy (non-hydrogen) atoms. The smallest absolute Gasteiger partial charge is 0.197 e. The molecule has 1 aliphatic rings. The number of piperidine rings is 1. The number of hydrogen-bond acceptors (Lipinski definition) is 5. The summed E-state index contributed by atoms with van der Waals surface area (Å²) in [5, 5.41) is 15.4. The number of ether oxygens (including phenoxy) is 2. The van der Waals surface area contributed by atoms with Crippen LogP contribution in [0.5, 0.6) is 17.2 Å². The number of carbonyl (C=O) groups excluding carboxylic acids is 1. The SMILES string of the molecule is COc1ccc2c(C(=O)c3ccc(OCCC4CCCCN4)cc3)c(O)ccc2c1. The van der Waals surface area contributed by atoms with E-state index in [0.29, 0.717) is 34.9 Å². The van der Waals surface area contributed by atoms with E-state index in [2.05, 4.69) is 5.32 Å². The van der Waals surface area contributed by atoms with Crippen LogP contribution in [0.2, 0.25) is 0 Å². The van der Waals surface area contributed by atoms with Gasteiger partial charge in [0, 0.05) is 11.6 Å². The first-order valence-electron chi connectivity index (χ1n) is 10.5. The first-order valence-corrected chi connectivity index (χ1v) is 10.5. The lowest BCUT2D eigenvalue weighted by Crippen LogP contribution is -2.35. The van der Waals surface area contributed by atoms with Crippen LogP contribution in [0.25, 0.3) is 10.8 Å². The maximum absolute atomic E-state index is 13.1. The average Bonchev–Trinajstić information content (AvgIpc) is 2.79. The van der Waals surface area contributed by atoms with Crippen molar-refractivity contribution in [3.63, 3.8) is 0 Å². The Bertz CT molecular complexity index is 1020. The van der Waals surface area contributed by atoms with Crippen LogP contribution in [0.3, 0.4) is 0 Å². The zero-order valence-corrected chi connectivity index (χ0v) is 17.2. The summed E-state index contributed by atoms with van der Waals surface area (Å²) in [5.41, 5.74) is 0.808. The lowest BCUT2D eigenvalue weighted by Gasteiger charge is -2.23. The van der Waals surface area contributed by atoms with E-state index < -0.39 is 0 Å². The van der Waals surface area contributed by atoms with E-state index in [9.17, 15) is 9.90 Å². The number of ketones is 1. The molecular formula is C25H27NO4. The number of phenolic OH excluding ortho intramolecular Hbond substituents is 1. The first kappa shape index (κ1) is 20.2. The Morgan fingerprint density at radius 1 is 1.07 bits per heavy atom. The van der Waals surface area contributed by atoms with Gasteiger partial charge >= 0.3 is 0 Å². The second kappa shape index (κ2) is 9.18. The van der Waals surface area contributed by atoms with Crippen molar-refractivity contribution in [2.75, 3.05) is 20.3 Å². The molecule has 0 spiro atoms. The molecule has 2 N–H and O–H groups in total. The number of hydrogen-bond donors (Lipinski definition) is 2.